The monoisotopic (exact) mass is 599 g/mol. The molecule has 4 aromatic rings. The third-order valence-electron chi connectivity index (χ3n) is 7.64. The highest BCUT2D eigenvalue weighted by Crippen LogP contribution is 2.45. The van der Waals surface area contributed by atoms with Gasteiger partial charge in [-0.15, -0.1) is 0 Å². The zero-order chi connectivity index (χ0) is 32.0. The number of halogens is 1. The number of hydrogen-bond donors (Lipinski definition) is 2. The number of carbonyl (C=O) groups excluding carboxylic acids is 2. The summed E-state index contributed by atoms with van der Waals surface area (Å²) in [5.41, 5.74) is 5.44. The molecular weight excluding hydrogens is 557 g/mol. The maximum Gasteiger partial charge on any atom is 0.338 e. The number of aromatic nitrogens is 1. The summed E-state index contributed by atoms with van der Waals surface area (Å²) in [6.07, 6.45) is 2.84. The van der Waals surface area contributed by atoms with Crippen LogP contribution in [0.3, 0.4) is 0 Å². The van der Waals surface area contributed by atoms with E-state index in [2.05, 4.69) is 9.88 Å². The van der Waals surface area contributed by atoms with Gasteiger partial charge in [-0.1, -0.05) is 46.8 Å². The minimum Gasteiger partial charge on any atom is -0.462 e. The molecule has 1 fully saturated rings. The number of fused-ring (bicyclic) bond motifs is 1. The number of ether oxygens (including phenoxy) is 2. The highest BCUT2D eigenvalue weighted by molar-refractivity contribution is 6.08. The molecule has 2 N–H and O–H groups in total. The van der Waals surface area contributed by atoms with E-state index in [1.807, 2.05) is 58.9 Å². The van der Waals surface area contributed by atoms with Gasteiger partial charge in [0.25, 0.3) is 0 Å². The van der Waals surface area contributed by atoms with E-state index in [-0.39, 0.29) is 30.2 Å². The van der Waals surface area contributed by atoms with Crippen LogP contribution in [0.15, 0.2) is 60.7 Å². The summed E-state index contributed by atoms with van der Waals surface area (Å²) in [7, 11) is 0. The van der Waals surface area contributed by atoms with Crippen molar-refractivity contribution in [3.63, 3.8) is 0 Å². The Morgan fingerprint density at radius 1 is 1.05 bits per heavy atom. The molecule has 3 aromatic carbocycles. The molecule has 1 aliphatic rings. The average Bonchev–Trinajstić information content (AvgIpc) is 3.36. The van der Waals surface area contributed by atoms with Crippen LogP contribution in [0.25, 0.3) is 27.7 Å². The number of nitrogens with zero attached hydrogens (tertiary/aromatic N) is 1. The maximum atomic E-state index is 14.1. The van der Waals surface area contributed by atoms with E-state index < -0.39 is 5.41 Å². The van der Waals surface area contributed by atoms with Crippen LogP contribution in [0.1, 0.15) is 81.9 Å². The molecule has 1 amide bonds. The second-order valence-corrected chi connectivity index (χ2v) is 11.6. The first-order valence-electron chi connectivity index (χ1n) is 15.3. The van der Waals surface area contributed by atoms with Gasteiger partial charge >= 0.3 is 5.97 Å². The highest BCUT2D eigenvalue weighted by Gasteiger charge is 2.29. The molecule has 0 radical (unpaired) electrons. The van der Waals surface area contributed by atoms with E-state index in [1.165, 1.54) is 18.3 Å². The predicted octanol–water partition coefficient (Wildman–Crippen LogP) is 8.52. The minimum absolute atomic E-state index is 0.131. The van der Waals surface area contributed by atoms with Gasteiger partial charge in [-0.05, 0) is 73.9 Å². The fraction of sp³-hybridized carbons (Fsp3) is 0.361. The van der Waals surface area contributed by atoms with E-state index in [0.717, 1.165) is 46.3 Å². The van der Waals surface area contributed by atoms with Crippen molar-refractivity contribution in [1.82, 2.24) is 4.57 Å². The Labute approximate surface area is 258 Å². The summed E-state index contributed by atoms with van der Waals surface area (Å²) in [5, 5.41) is 12.1. The predicted molar refractivity (Wildman–Crippen MR) is 175 cm³/mol. The largest absolute Gasteiger partial charge is 0.462 e. The second-order valence-electron chi connectivity index (χ2n) is 11.6. The van der Waals surface area contributed by atoms with Gasteiger partial charge in [0.2, 0.25) is 5.91 Å². The zero-order valence-corrected chi connectivity index (χ0v) is 26.4. The number of rotatable bonds is 7. The molecule has 1 saturated heterocycles. The van der Waals surface area contributed by atoms with Gasteiger partial charge in [-0.2, -0.15) is 0 Å². The van der Waals surface area contributed by atoms with E-state index in [0.29, 0.717) is 30.0 Å². The van der Waals surface area contributed by atoms with Crippen molar-refractivity contribution >= 4 is 34.7 Å². The third kappa shape index (κ3) is 6.76. The lowest BCUT2D eigenvalue weighted by Gasteiger charge is -2.26. The first-order chi connectivity index (χ1) is 21.1. The lowest BCUT2D eigenvalue weighted by molar-refractivity contribution is -0.123. The van der Waals surface area contributed by atoms with Crippen molar-refractivity contribution in [3.05, 3.63) is 83.3 Å². The zero-order valence-electron chi connectivity index (χ0n) is 26.4. The molecule has 5 rings (SSSR count). The van der Waals surface area contributed by atoms with Crippen molar-refractivity contribution in [2.24, 2.45) is 5.41 Å². The number of benzene rings is 3. The molecule has 0 aliphatic carbocycles. The number of hydrogen-bond acceptors (Lipinski definition) is 5. The summed E-state index contributed by atoms with van der Waals surface area (Å²) in [5.74, 6) is -0.741. The molecule has 232 valence electrons. The average molecular weight is 600 g/mol. The summed E-state index contributed by atoms with van der Waals surface area (Å²) >= 11 is 0. The lowest BCUT2D eigenvalue weighted by Crippen LogP contribution is -2.28. The smallest absolute Gasteiger partial charge is 0.338 e. The minimum atomic E-state index is -0.632. The van der Waals surface area contributed by atoms with Crippen molar-refractivity contribution in [2.45, 2.75) is 60.3 Å². The summed E-state index contributed by atoms with van der Waals surface area (Å²) in [6, 6.07) is 17.6. The molecule has 0 saturated carbocycles. The van der Waals surface area contributed by atoms with Crippen LogP contribution < -0.4 is 5.32 Å². The number of nitrogens with one attached hydrogen (secondary N) is 2. The number of anilines is 1. The molecule has 1 aliphatic heterocycles. The van der Waals surface area contributed by atoms with Crippen LogP contribution in [0.5, 0.6) is 0 Å². The van der Waals surface area contributed by atoms with Crippen molar-refractivity contribution in [2.75, 3.05) is 25.1 Å². The second kappa shape index (κ2) is 14.0. The Morgan fingerprint density at radius 2 is 1.68 bits per heavy atom. The molecular formula is C36H42FN3O4. The SMILES string of the molecule is CC.CCOC(=O)c1ccc(-c2c(C3CCOCC3)n(-c3ccc(F)cc3)c3cc(C=N)c(NC(=O)C(C)(C)C)cc23)cc1. The molecule has 8 heteroatoms. The Balaban J connectivity index is 0.00000216. The lowest BCUT2D eigenvalue weighted by atomic mass is 9.89. The Kier molecular flexibility index (Phi) is 10.4. The van der Waals surface area contributed by atoms with Crippen LogP contribution in [0.2, 0.25) is 0 Å². The van der Waals surface area contributed by atoms with Gasteiger partial charge in [0, 0.05) is 58.7 Å². The molecule has 0 spiro atoms. The van der Waals surface area contributed by atoms with Crippen molar-refractivity contribution < 1.29 is 23.5 Å². The van der Waals surface area contributed by atoms with Crippen molar-refractivity contribution in [1.29, 1.82) is 5.41 Å². The van der Waals surface area contributed by atoms with E-state index in [1.54, 1.807) is 31.2 Å². The third-order valence-corrected chi connectivity index (χ3v) is 7.64. The normalized spacial score (nSPS) is 13.6. The van der Waals surface area contributed by atoms with E-state index in [4.69, 9.17) is 14.9 Å². The molecule has 0 bridgehead atoms. The maximum absolute atomic E-state index is 14.1. The summed E-state index contributed by atoms with van der Waals surface area (Å²) < 4.78 is 27.1. The number of esters is 1. The molecule has 0 unspecified atom stereocenters. The quantitative estimate of drug-likeness (QED) is 0.164. The van der Waals surface area contributed by atoms with Crippen LogP contribution in [0, 0.1) is 16.6 Å². The Morgan fingerprint density at radius 3 is 2.25 bits per heavy atom. The van der Waals surface area contributed by atoms with Crippen LogP contribution in [0.4, 0.5) is 10.1 Å². The van der Waals surface area contributed by atoms with Gasteiger partial charge in [-0.3, -0.25) is 4.79 Å². The molecule has 44 heavy (non-hydrogen) atoms. The van der Waals surface area contributed by atoms with Gasteiger partial charge < -0.3 is 24.8 Å². The summed E-state index contributed by atoms with van der Waals surface area (Å²) in [6.45, 7) is 12.8. The first kappa shape index (κ1) is 32.6. The highest BCUT2D eigenvalue weighted by atomic mass is 19.1. The topological polar surface area (TPSA) is 93.4 Å². The fourth-order valence-electron chi connectivity index (χ4n) is 5.42. The van der Waals surface area contributed by atoms with Crippen molar-refractivity contribution in [3.8, 4) is 16.8 Å². The van der Waals surface area contributed by atoms with Gasteiger partial charge in [-0.25, -0.2) is 9.18 Å². The standard InChI is InChI=1S/C34H36FN3O4.C2H6/c1-5-42-32(39)23-8-6-21(7-9-23)30-27-19-28(37-33(40)34(2,3)4)24(20-36)18-29(27)38(26-12-10-25(35)11-13-26)31(30)22-14-16-41-17-15-22;1-2/h6-13,18-20,22,36H,5,14-17H2,1-4H3,(H,37,40);1-2H3. The number of carbonyl (C=O) groups is 2. The Bertz CT molecular complexity index is 1630. The summed E-state index contributed by atoms with van der Waals surface area (Å²) in [4.78, 5) is 25.4. The molecule has 7 nitrogen and oxygen atoms in total. The van der Waals surface area contributed by atoms with Gasteiger partial charge in [0.15, 0.2) is 0 Å². The molecule has 1 aromatic heterocycles. The Hall–Kier alpha value is -4.30. The van der Waals surface area contributed by atoms with E-state index >= 15 is 0 Å². The van der Waals surface area contributed by atoms with E-state index in [9.17, 15) is 14.0 Å². The van der Waals surface area contributed by atoms with Gasteiger partial charge in [0.1, 0.15) is 5.82 Å². The van der Waals surface area contributed by atoms with Crippen LogP contribution in [-0.4, -0.2) is 42.5 Å². The molecule has 0 atom stereocenters. The van der Waals surface area contributed by atoms with Crippen LogP contribution in [-0.2, 0) is 14.3 Å². The molecule has 2 heterocycles. The van der Waals surface area contributed by atoms with Crippen LogP contribution >= 0.6 is 0 Å². The number of amides is 1. The first-order valence-corrected chi connectivity index (χ1v) is 15.3. The van der Waals surface area contributed by atoms with Gasteiger partial charge in [0.05, 0.1) is 23.4 Å². The fourth-order valence-corrected chi connectivity index (χ4v) is 5.42.